The summed E-state index contributed by atoms with van der Waals surface area (Å²) in [5, 5.41) is 0.884. The smallest absolute Gasteiger partial charge is 0.345 e. The van der Waals surface area contributed by atoms with Crippen molar-refractivity contribution in [1.82, 2.24) is 9.97 Å². The Bertz CT molecular complexity index is 575. The van der Waals surface area contributed by atoms with Crippen molar-refractivity contribution >= 4 is 10.9 Å². The third-order valence-electron chi connectivity index (χ3n) is 2.43. The lowest BCUT2D eigenvalue weighted by atomic mass is 10.2. The number of benzene rings is 1. The van der Waals surface area contributed by atoms with Crippen LogP contribution in [0.5, 0.6) is 5.75 Å². The standard InChI is InChI=1S/C11H10N2O3/c14-11-12-4-7-1-2-8(3-10(7)13-11)15-5-9-6-16-9/h1-4,9H,5-6H2,(H,12,13,14). The van der Waals surface area contributed by atoms with Crippen molar-refractivity contribution in [2.75, 3.05) is 13.2 Å². The first-order valence-electron chi connectivity index (χ1n) is 5.05. The van der Waals surface area contributed by atoms with Crippen molar-refractivity contribution in [2.24, 2.45) is 0 Å². The first-order chi connectivity index (χ1) is 7.81. The molecule has 0 spiro atoms. The predicted octanol–water partition coefficient (Wildman–Crippen LogP) is 0.701. The molecule has 3 rings (SSSR count). The number of nitrogens with one attached hydrogen (secondary N) is 1. The molecule has 1 aliphatic rings. The summed E-state index contributed by atoms with van der Waals surface area (Å²) in [6.07, 6.45) is 1.77. The lowest BCUT2D eigenvalue weighted by Gasteiger charge is -2.04. The number of epoxide rings is 1. The van der Waals surface area contributed by atoms with Crippen LogP contribution in [0.15, 0.2) is 29.2 Å². The molecule has 1 aliphatic heterocycles. The highest BCUT2D eigenvalue weighted by Crippen LogP contribution is 2.19. The second-order valence-electron chi connectivity index (χ2n) is 3.70. The SMILES string of the molecule is O=c1ncc2ccc(OCC3CO3)cc2[nH]1. The van der Waals surface area contributed by atoms with E-state index in [1.165, 1.54) is 0 Å². The van der Waals surface area contributed by atoms with Gasteiger partial charge in [0.15, 0.2) is 0 Å². The van der Waals surface area contributed by atoms with Crippen molar-refractivity contribution in [3.8, 4) is 5.75 Å². The lowest BCUT2D eigenvalue weighted by Crippen LogP contribution is -2.09. The van der Waals surface area contributed by atoms with E-state index >= 15 is 0 Å². The molecule has 2 aromatic rings. The van der Waals surface area contributed by atoms with Crippen LogP contribution in [-0.2, 0) is 4.74 Å². The number of nitrogens with zero attached hydrogens (tertiary/aromatic N) is 1. The average Bonchev–Trinajstić information content (AvgIpc) is 3.09. The van der Waals surface area contributed by atoms with Crippen LogP contribution < -0.4 is 10.4 Å². The van der Waals surface area contributed by atoms with Crippen LogP contribution in [0.2, 0.25) is 0 Å². The molecule has 1 N–H and O–H groups in total. The summed E-state index contributed by atoms with van der Waals surface area (Å²) in [4.78, 5) is 17.3. The van der Waals surface area contributed by atoms with Gasteiger partial charge in [-0.05, 0) is 12.1 Å². The molecule has 0 amide bonds. The van der Waals surface area contributed by atoms with Crippen molar-refractivity contribution in [3.05, 3.63) is 34.9 Å². The van der Waals surface area contributed by atoms with Crippen molar-refractivity contribution in [3.63, 3.8) is 0 Å². The minimum absolute atomic E-state index is 0.229. The first kappa shape index (κ1) is 9.35. The van der Waals surface area contributed by atoms with E-state index in [1.807, 2.05) is 12.1 Å². The Labute approximate surface area is 91.0 Å². The van der Waals surface area contributed by atoms with Crippen LogP contribution in [0, 0.1) is 0 Å². The molecule has 1 atom stereocenters. The number of hydrogen-bond donors (Lipinski definition) is 1. The molecule has 1 fully saturated rings. The molecular formula is C11H10N2O3. The van der Waals surface area contributed by atoms with E-state index in [-0.39, 0.29) is 11.8 Å². The lowest BCUT2D eigenvalue weighted by molar-refractivity contribution is 0.263. The number of rotatable bonds is 3. The van der Waals surface area contributed by atoms with Gasteiger partial charge in [0.2, 0.25) is 0 Å². The Balaban J connectivity index is 1.90. The molecule has 1 aromatic heterocycles. The van der Waals surface area contributed by atoms with Crippen LogP contribution in [0.4, 0.5) is 0 Å². The average molecular weight is 218 g/mol. The van der Waals surface area contributed by atoms with Gasteiger partial charge in [0.25, 0.3) is 0 Å². The van der Waals surface area contributed by atoms with Gasteiger partial charge in [-0.3, -0.25) is 0 Å². The molecule has 0 radical (unpaired) electrons. The third-order valence-corrected chi connectivity index (χ3v) is 2.43. The van der Waals surface area contributed by atoms with Crippen LogP contribution in [0.25, 0.3) is 10.9 Å². The predicted molar refractivity (Wildman–Crippen MR) is 57.6 cm³/mol. The molecule has 16 heavy (non-hydrogen) atoms. The number of ether oxygens (including phenoxy) is 2. The summed E-state index contributed by atoms with van der Waals surface area (Å²) in [6.45, 7) is 1.33. The van der Waals surface area contributed by atoms with Gasteiger partial charge in [0.1, 0.15) is 18.5 Å². The monoisotopic (exact) mass is 218 g/mol. The molecule has 0 aliphatic carbocycles. The number of aromatic nitrogens is 2. The van der Waals surface area contributed by atoms with E-state index in [0.717, 1.165) is 23.3 Å². The van der Waals surface area contributed by atoms with Crippen molar-refractivity contribution in [2.45, 2.75) is 6.10 Å². The molecule has 2 heterocycles. The summed E-state index contributed by atoms with van der Waals surface area (Å²) in [5.41, 5.74) is 0.379. The maximum atomic E-state index is 11.0. The number of aromatic amines is 1. The Kier molecular flexibility index (Phi) is 2.11. The van der Waals surface area contributed by atoms with Gasteiger partial charge in [0.05, 0.1) is 12.1 Å². The number of H-pyrrole nitrogens is 1. The highest BCUT2D eigenvalue weighted by atomic mass is 16.6. The second kappa shape index (κ2) is 3.61. The molecule has 1 unspecified atom stereocenters. The largest absolute Gasteiger partial charge is 0.491 e. The number of fused-ring (bicyclic) bond motifs is 1. The first-order valence-corrected chi connectivity index (χ1v) is 5.05. The Morgan fingerprint density at radius 1 is 1.56 bits per heavy atom. The van der Waals surface area contributed by atoms with E-state index < -0.39 is 0 Å². The van der Waals surface area contributed by atoms with Gasteiger partial charge >= 0.3 is 5.69 Å². The van der Waals surface area contributed by atoms with Gasteiger partial charge in [-0.25, -0.2) is 9.78 Å². The molecule has 5 nitrogen and oxygen atoms in total. The van der Waals surface area contributed by atoms with E-state index in [1.54, 1.807) is 12.3 Å². The summed E-state index contributed by atoms with van der Waals surface area (Å²) in [6, 6.07) is 5.51. The Hall–Kier alpha value is -1.88. The quantitative estimate of drug-likeness (QED) is 0.770. The molecule has 1 saturated heterocycles. The highest BCUT2D eigenvalue weighted by molar-refractivity contribution is 5.78. The van der Waals surface area contributed by atoms with E-state index in [9.17, 15) is 4.79 Å². The zero-order chi connectivity index (χ0) is 11.0. The minimum Gasteiger partial charge on any atom is -0.491 e. The summed E-state index contributed by atoms with van der Waals surface area (Å²) in [5.74, 6) is 0.727. The molecule has 0 saturated carbocycles. The zero-order valence-electron chi connectivity index (χ0n) is 8.47. The number of hydrogen-bond acceptors (Lipinski definition) is 4. The molecule has 5 heteroatoms. The second-order valence-corrected chi connectivity index (χ2v) is 3.70. The molecular weight excluding hydrogens is 208 g/mol. The van der Waals surface area contributed by atoms with Crippen LogP contribution in [0.3, 0.4) is 0 Å². The summed E-state index contributed by atoms with van der Waals surface area (Å²) in [7, 11) is 0. The summed E-state index contributed by atoms with van der Waals surface area (Å²) < 4.78 is 10.6. The van der Waals surface area contributed by atoms with Crippen molar-refractivity contribution in [1.29, 1.82) is 0 Å². The fourth-order valence-electron chi connectivity index (χ4n) is 1.48. The normalized spacial score (nSPS) is 18.6. The fraction of sp³-hybridized carbons (Fsp3) is 0.273. The van der Waals surface area contributed by atoms with Crippen molar-refractivity contribution < 1.29 is 9.47 Å². The highest BCUT2D eigenvalue weighted by Gasteiger charge is 2.22. The van der Waals surface area contributed by atoms with Gasteiger partial charge < -0.3 is 14.5 Å². The van der Waals surface area contributed by atoms with E-state index in [0.29, 0.717) is 6.61 Å². The van der Waals surface area contributed by atoms with E-state index in [4.69, 9.17) is 9.47 Å². The van der Waals surface area contributed by atoms with E-state index in [2.05, 4.69) is 9.97 Å². The van der Waals surface area contributed by atoms with Gasteiger partial charge in [-0.15, -0.1) is 0 Å². The Morgan fingerprint density at radius 3 is 3.25 bits per heavy atom. The van der Waals surface area contributed by atoms with Gasteiger partial charge in [0, 0.05) is 17.6 Å². The van der Waals surface area contributed by atoms with Crippen LogP contribution >= 0.6 is 0 Å². The topological polar surface area (TPSA) is 67.5 Å². The third kappa shape index (κ3) is 1.90. The summed E-state index contributed by atoms with van der Waals surface area (Å²) >= 11 is 0. The fourth-order valence-corrected chi connectivity index (χ4v) is 1.48. The maximum Gasteiger partial charge on any atom is 0.345 e. The Morgan fingerprint density at radius 2 is 2.44 bits per heavy atom. The molecule has 82 valence electrons. The van der Waals surface area contributed by atoms with Gasteiger partial charge in [-0.1, -0.05) is 0 Å². The minimum atomic E-state index is -0.352. The van der Waals surface area contributed by atoms with Crippen LogP contribution in [0.1, 0.15) is 0 Å². The molecule has 0 bridgehead atoms. The van der Waals surface area contributed by atoms with Crippen LogP contribution in [-0.4, -0.2) is 29.3 Å². The maximum absolute atomic E-state index is 11.0. The zero-order valence-corrected chi connectivity index (χ0v) is 8.47. The van der Waals surface area contributed by atoms with Gasteiger partial charge in [-0.2, -0.15) is 0 Å². The molecule has 1 aromatic carbocycles.